The van der Waals surface area contributed by atoms with Crippen molar-refractivity contribution in [3.63, 3.8) is 0 Å². The fourth-order valence-corrected chi connectivity index (χ4v) is 2.25. The highest BCUT2D eigenvalue weighted by Crippen LogP contribution is 2.34. The van der Waals surface area contributed by atoms with Gasteiger partial charge in [0.05, 0.1) is 0 Å². The van der Waals surface area contributed by atoms with Gasteiger partial charge in [0.2, 0.25) is 5.75 Å². The first-order valence-corrected chi connectivity index (χ1v) is 6.59. The molecule has 0 spiro atoms. The number of halogens is 4. The molecule has 0 amide bonds. The van der Waals surface area contributed by atoms with Crippen LogP contribution in [0.3, 0.4) is 0 Å². The van der Waals surface area contributed by atoms with Crippen molar-refractivity contribution in [1.82, 2.24) is 4.98 Å². The first-order chi connectivity index (χ1) is 8.42. The summed E-state index contributed by atoms with van der Waals surface area (Å²) in [5.74, 6) is -2.62. The number of aromatic nitrogens is 1. The summed E-state index contributed by atoms with van der Waals surface area (Å²) in [6, 6.07) is 0.302. The molecule has 1 rings (SSSR count). The molecule has 1 aromatic rings. The van der Waals surface area contributed by atoms with Crippen molar-refractivity contribution in [2.45, 2.75) is 18.2 Å². The first kappa shape index (κ1) is 15.4. The molecule has 0 saturated heterocycles. The molecule has 0 aliphatic carbocycles. The van der Waals surface area contributed by atoms with Crippen LogP contribution in [0.25, 0.3) is 0 Å². The molecule has 0 N–H and O–H groups in total. The van der Waals surface area contributed by atoms with Gasteiger partial charge < -0.3 is 14.9 Å². The number of nitrogens with zero attached hydrogens (tertiary/aromatic N) is 2. The Morgan fingerprint density at radius 2 is 2.00 bits per heavy atom. The summed E-state index contributed by atoms with van der Waals surface area (Å²) >= 11 is 0. The summed E-state index contributed by atoms with van der Waals surface area (Å²) in [5.41, 5.74) is -0.420. The lowest BCUT2D eigenvalue weighted by Gasteiger charge is -2.09. The molecule has 0 saturated carbocycles. The topological polar surface area (TPSA) is 99.4 Å². The monoisotopic (exact) mass is 320 g/mol. The number of aryl methyl sites for hydroxylation is 1. The van der Waals surface area contributed by atoms with Gasteiger partial charge in [0, 0.05) is 23.7 Å². The quantitative estimate of drug-likeness (QED) is 0.480. The number of pyridine rings is 1. The van der Waals surface area contributed by atoms with Crippen molar-refractivity contribution in [3.05, 3.63) is 21.9 Å². The van der Waals surface area contributed by atoms with Crippen molar-refractivity contribution in [2.75, 3.05) is 0 Å². The van der Waals surface area contributed by atoms with Crippen LogP contribution >= 0.6 is 10.7 Å². The highest BCUT2D eigenvalue weighted by atomic mass is 35.7. The zero-order chi connectivity index (χ0) is 15.0. The Balaban J connectivity index is 3.53. The van der Waals surface area contributed by atoms with Gasteiger partial charge in [-0.3, -0.25) is 0 Å². The predicted octanol–water partition coefficient (Wildman–Crippen LogP) is 2.12. The maximum atomic E-state index is 12.1. The van der Waals surface area contributed by atoms with Crippen LogP contribution in [0, 0.1) is 17.0 Å². The lowest BCUT2D eigenvalue weighted by Crippen LogP contribution is -2.19. The smallest absolute Gasteiger partial charge is 0.397 e. The fourth-order valence-electron chi connectivity index (χ4n) is 1.13. The standard InChI is InChI=1S/C7H4ClF3N2O5S/c1-3-5(19(8,16)17)2-4(18-7(9,10)11)6(12-3)13(14)15/h2H,1H3. The fraction of sp³-hybridized carbons (Fsp3) is 0.286. The molecular formula is C7H4ClF3N2O5S. The Hall–Kier alpha value is -1.62. The molecule has 1 heterocycles. The second-order valence-electron chi connectivity index (χ2n) is 3.14. The van der Waals surface area contributed by atoms with Gasteiger partial charge >= 0.3 is 12.2 Å². The van der Waals surface area contributed by atoms with Crippen molar-refractivity contribution in [1.29, 1.82) is 0 Å². The van der Waals surface area contributed by atoms with Crippen molar-refractivity contribution < 1.29 is 31.2 Å². The summed E-state index contributed by atoms with van der Waals surface area (Å²) in [6.45, 7) is 1.04. The van der Waals surface area contributed by atoms with Crippen LogP contribution in [0.4, 0.5) is 19.0 Å². The molecule has 19 heavy (non-hydrogen) atoms. The van der Waals surface area contributed by atoms with Gasteiger partial charge in [-0.2, -0.15) is 0 Å². The maximum absolute atomic E-state index is 12.1. The van der Waals surface area contributed by atoms with Gasteiger partial charge in [-0.1, -0.05) is 0 Å². The summed E-state index contributed by atoms with van der Waals surface area (Å²) in [5, 5.41) is 10.5. The Morgan fingerprint density at radius 1 is 1.47 bits per heavy atom. The van der Waals surface area contributed by atoms with E-state index < -0.39 is 42.5 Å². The van der Waals surface area contributed by atoms with E-state index in [1.807, 2.05) is 0 Å². The Kier molecular flexibility index (Phi) is 3.91. The number of hydrogen-bond acceptors (Lipinski definition) is 6. The predicted molar refractivity (Wildman–Crippen MR) is 55.4 cm³/mol. The van der Waals surface area contributed by atoms with Gasteiger partial charge in [0.25, 0.3) is 9.05 Å². The molecule has 0 aromatic carbocycles. The summed E-state index contributed by atoms with van der Waals surface area (Å²) in [6.07, 6.45) is -5.24. The van der Waals surface area contributed by atoms with Gasteiger partial charge in [-0.25, -0.2) is 8.42 Å². The largest absolute Gasteiger partial charge is 0.573 e. The zero-order valence-electron chi connectivity index (χ0n) is 8.93. The molecule has 0 radical (unpaired) electrons. The molecule has 0 fully saturated rings. The van der Waals surface area contributed by atoms with E-state index in [-0.39, 0.29) is 0 Å². The number of ether oxygens (including phenoxy) is 1. The number of rotatable bonds is 3. The number of alkyl halides is 3. The zero-order valence-corrected chi connectivity index (χ0v) is 10.5. The second kappa shape index (κ2) is 4.81. The first-order valence-electron chi connectivity index (χ1n) is 4.28. The second-order valence-corrected chi connectivity index (χ2v) is 5.67. The van der Waals surface area contributed by atoms with Crippen LogP contribution < -0.4 is 4.74 Å². The van der Waals surface area contributed by atoms with E-state index in [4.69, 9.17) is 10.7 Å². The van der Waals surface area contributed by atoms with E-state index in [0.717, 1.165) is 6.92 Å². The van der Waals surface area contributed by atoms with E-state index in [1.165, 1.54) is 0 Å². The Labute approximate surface area is 108 Å². The van der Waals surface area contributed by atoms with Gasteiger partial charge in [0.15, 0.2) is 5.69 Å². The maximum Gasteiger partial charge on any atom is 0.573 e. The molecule has 12 heteroatoms. The Morgan fingerprint density at radius 3 is 2.37 bits per heavy atom. The molecular weight excluding hydrogens is 317 g/mol. The van der Waals surface area contributed by atoms with Crippen molar-refractivity contribution >= 4 is 25.6 Å². The molecule has 7 nitrogen and oxygen atoms in total. The van der Waals surface area contributed by atoms with Gasteiger partial charge in [0.1, 0.15) is 4.90 Å². The highest BCUT2D eigenvalue weighted by molar-refractivity contribution is 8.13. The third-order valence-corrected chi connectivity index (χ3v) is 3.21. The van der Waals surface area contributed by atoms with Crippen molar-refractivity contribution in [3.8, 4) is 5.75 Å². The van der Waals surface area contributed by atoms with E-state index >= 15 is 0 Å². The van der Waals surface area contributed by atoms with Gasteiger partial charge in [-0.05, 0) is 9.91 Å². The van der Waals surface area contributed by atoms with Crippen LogP contribution in [0.2, 0.25) is 0 Å². The SMILES string of the molecule is Cc1nc([N+](=O)[O-])c(OC(F)(F)F)cc1S(=O)(=O)Cl. The molecule has 0 bridgehead atoms. The van der Waals surface area contributed by atoms with Crippen LogP contribution in [0.15, 0.2) is 11.0 Å². The normalized spacial score (nSPS) is 12.3. The minimum atomic E-state index is -5.24. The molecule has 0 aliphatic heterocycles. The Bertz CT molecular complexity index is 630. The third kappa shape index (κ3) is 3.92. The highest BCUT2D eigenvalue weighted by Gasteiger charge is 2.37. The average molecular weight is 321 g/mol. The molecule has 0 unspecified atom stereocenters. The van der Waals surface area contributed by atoms with E-state index in [9.17, 15) is 31.7 Å². The van der Waals surface area contributed by atoms with Gasteiger partial charge in [-0.15, -0.1) is 13.2 Å². The van der Waals surface area contributed by atoms with Crippen LogP contribution in [0.1, 0.15) is 5.69 Å². The third-order valence-electron chi connectivity index (χ3n) is 1.77. The van der Waals surface area contributed by atoms with Crippen LogP contribution in [0.5, 0.6) is 5.75 Å². The molecule has 0 aliphatic rings. The van der Waals surface area contributed by atoms with E-state index in [0.29, 0.717) is 6.07 Å². The van der Waals surface area contributed by atoms with Crippen LogP contribution in [-0.2, 0) is 9.05 Å². The van der Waals surface area contributed by atoms with E-state index in [1.54, 1.807) is 0 Å². The number of hydrogen-bond donors (Lipinski definition) is 0. The molecule has 0 atom stereocenters. The summed E-state index contributed by atoms with van der Waals surface area (Å²) < 4.78 is 61.7. The lowest BCUT2D eigenvalue weighted by molar-refractivity contribution is -0.393. The summed E-state index contributed by atoms with van der Waals surface area (Å²) in [7, 11) is 0.550. The molecule has 106 valence electrons. The average Bonchev–Trinajstić information content (AvgIpc) is 2.15. The minimum absolute atomic E-state index is 0.302. The number of nitro groups is 1. The lowest BCUT2D eigenvalue weighted by atomic mass is 10.3. The van der Waals surface area contributed by atoms with E-state index in [2.05, 4.69) is 9.72 Å². The summed E-state index contributed by atoms with van der Waals surface area (Å²) in [4.78, 5) is 11.6. The van der Waals surface area contributed by atoms with Crippen molar-refractivity contribution in [2.24, 2.45) is 0 Å². The van der Waals surface area contributed by atoms with Crippen LogP contribution in [-0.4, -0.2) is 24.7 Å². The molecule has 1 aromatic heterocycles. The minimum Gasteiger partial charge on any atom is -0.397 e.